The maximum Gasteiger partial charge on any atom is 0.249 e. The number of hydrogen-bond acceptors (Lipinski definition) is 6. The van der Waals surface area contributed by atoms with E-state index < -0.39 is 0 Å². The maximum atomic E-state index is 5.26. The molecule has 6 nitrogen and oxygen atoms in total. The lowest BCUT2D eigenvalue weighted by atomic mass is 9.90. The van der Waals surface area contributed by atoms with Crippen LogP contribution >= 0.6 is 0 Å². The number of rotatable bonds is 6. The van der Waals surface area contributed by atoms with Crippen molar-refractivity contribution in [3.8, 4) is 5.75 Å². The summed E-state index contributed by atoms with van der Waals surface area (Å²) in [6, 6.07) is 18.4. The van der Waals surface area contributed by atoms with E-state index in [9.17, 15) is 0 Å². The highest BCUT2D eigenvalue weighted by Gasteiger charge is 2.21. The van der Waals surface area contributed by atoms with Gasteiger partial charge in [0.1, 0.15) is 5.75 Å². The minimum absolute atomic E-state index is 0.497. The molecule has 0 radical (unpaired) electrons. The lowest BCUT2D eigenvalue weighted by Gasteiger charge is -2.32. The third kappa shape index (κ3) is 4.57. The van der Waals surface area contributed by atoms with Crippen LogP contribution in [0.2, 0.25) is 0 Å². The van der Waals surface area contributed by atoms with E-state index in [1.165, 1.54) is 5.56 Å². The maximum absolute atomic E-state index is 5.26. The Morgan fingerprint density at radius 3 is 2.68 bits per heavy atom. The molecule has 1 aliphatic heterocycles. The molecule has 0 spiro atoms. The second kappa shape index (κ2) is 8.69. The first-order valence-corrected chi connectivity index (χ1v) is 9.70. The number of ether oxygens (including phenoxy) is 1. The Bertz CT molecular complexity index is 894. The number of nitrogens with one attached hydrogen (secondary N) is 1. The Kier molecular flexibility index (Phi) is 5.66. The summed E-state index contributed by atoms with van der Waals surface area (Å²) < 4.78 is 5.26. The van der Waals surface area contributed by atoms with Crippen molar-refractivity contribution in [3.05, 3.63) is 66.4 Å². The summed E-state index contributed by atoms with van der Waals surface area (Å²) in [5.74, 6) is 2.88. The van der Waals surface area contributed by atoms with Crippen molar-refractivity contribution in [2.45, 2.75) is 19.3 Å². The molecular formula is C22H25N5O. The molecule has 0 saturated carbocycles. The van der Waals surface area contributed by atoms with E-state index >= 15 is 0 Å². The molecule has 0 atom stereocenters. The van der Waals surface area contributed by atoms with Crippen LogP contribution in [0.3, 0.4) is 0 Å². The average molecular weight is 375 g/mol. The number of benzene rings is 2. The van der Waals surface area contributed by atoms with Gasteiger partial charge in [-0.2, -0.15) is 10.1 Å². The van der Waals surface area contributed by atoms with Crippen molar-refractivity contribution < 1.29 is 4.74 Å². The van der Waals surface area contributed by atoms with Crippen molar-refractivity contribution in [3.63, 3.8) is 0 Å². The Balaban J connectivity index is 1.37. The summed E-state index contributed by atoms with van der Waals surface area (Å²) in [7, 11) is 1.65. The van der Waals surface area contributed by atoms with Crippen molar-refractivity contribution in [2.75, 3.05) is 30.4 Å². The number of nitrogens with zero attached hydrogens (tertiary/aromatic N) is 4. The van der Waals surface area contributed by atoms with Crippen molar-refractivity contribution >= 4 is 17.5 Å². The molecule has 0 aliphatic carbocycles. The molecule has 1 fully saturated rings. The number of aromatic nitrogens is 3. The molecule has 6 heteroatoms. The Labute approximate surface area is 165 Å². The Morgan fingerprint density at radius 2 is 1.89 bits per heavy atom. The highest BCUT2D eigenvalue weighted by molar-refractivity contribution is 5.56. The fraction of sp³-hybridized carbons (Fsp3) is 0.318. The van der Waals surface area contributed by atoms with E-state index in [0.717, 1.165) is 55.5 Å². The number of anilines is 3. The summed E-state index contributed by atoms with van der Waals surface area (Å²) in [6.07, 6.45) is 5.22. The smallest absolute Gasteiger partial charge is 0.249 e. The first kappa shape index (κ1) is 18.2. The molecule has 144 valence electrons. The van der Waals surface area contributed by atoms with Gasteiger partial charge in [0.2, 0.25) is 5.95 Å². The topological polar surface area (TPSA) is 63.2 Å². The second-order valence-electron chi connectivity index (χ2n) is 7.12. The molecule has 1 aromatic heterocycles. The fourth-order valence-electron chi connectivity index (χ4n) is 3.64. The summed E-state index contributed by atoms with van der Waals surface area (Å²) in [4.78, 5) is 6.96. The van der Waals surface area contributed by atoms with Crippen LogP contribution < -0.4 is 15.0 Å². The van der Waals surface area contributed by atoms with Crippen LogP contribution in [-0.2, 0) is 6.42 Å². The third-order valence-electron chi connectivity index (χ3n) is 5.18. The molecule has 2 heterocycles. The van der Waals surface area contributed by atoms with Gasteiger partial charge in [0.05, 0.1) is 13.3 Å². The fourth-order valence-corrected chi connectivity index (χ4v) is 3.64. The molecule has 1 saturated heterocycles. The summed E-state index contributed by atoms with van der Waals surface area (Å²) >= 11 is 0. The lowest BCUT2D eigenvalue weighted by molar-refractivity contribution is 0.402. The van der Waals surface area contributed by atoms with E-state index in [2.05, 4.69) is 55.7 Å². The molecule has 4 rings (SSSR count). The Hall–Kier alpha value is -3.15. The van der Waals surface area contributed by atoms with Gasteiger partial charge in [-0.05, 0) is 42.9 Å². The van der Waals surface area contributed by atoms with Crippen LogP contribution in [0.5, 0.6) is 5.75 Å². The number of methoxy groups -OCH3 is 1. The molecule has 1 N–H and O–H groups in total. The van der Waals surface area contributed by atoms with Gasteiger partial charge < -0.3 is 15.0 Å². The molecule has 28 heavy (non-hydrogen) atoms. The van der Waals surface area contributed by atoms with Gasteiger partial charge in [0.15, 0.2) is 5.82 Å². The first-order valence-electron chi connectivity index (χ1n) is 9.70. The summed E-state index contributed by atoms with van der Waals surface area (Å²) in [5, 5.41) is 11.5. The van der Waals surface area contributed by atoms with Gasteiger partial charge in [-0.25, -0.2) is 0 Å². The van der Waals surface area contributed by atoms with E-state index in [-0.39, 0.29) is 0 Å². The minimum atomic E-state index is 0.497. The van der Waals surface area contributed by atoms with Crippen LogP contribution in [0.25, 0.3) is 0 Å². The normalized spacial score (nSPS) is 14.7. The molecule has 0 unspecified atom stereocenters. The highest BCUT2D eigenvalue weighted by Crippen LogP contribution is 2.25. The van der Waals surface area contributed by atoms with Crippen molar-refractivity contribution in [2.24, 2.45) is 5.92 Å². The zero-order chi connectivity index (χ0) is 19.2. The van der Waals surface area contributed by atoms with Gasteiger partial charge in [0.25, 0.3) is 0 Å². The Morgan fingerprint density at radius 1 is 1.07 bits per heavy atom. The van der Waals surface area contributed by atoms with Crippen LogP contribution in [0, 0.1) is 5.92 Å². The van der Waals surface area contributed by atoms with E-state index in [1.807, 2.05) is 24.3 Å². The average Bonchev–Trinajstić information content (AvgIpc) is 2.75. The summed E-state index contributed by atoms with van der Waals surface area (Å²) in [5.41, 5.74) is 2.30. The van der Waals surface area contributed by atoms with Gasteiger partial charge in [0, 0.05) is 24.8 Å². The first-order chi connectivity index (χ1) is 13.8. The minimum Gasteiger partial charge on any atom is -0.497 e. The van der Waals surface area contributed by atoms with E-state index in [4.69, 9.17) is 4.74 Å². The highest BCUT2D eigenvalue weighted by atomic mass is 16.5. The molecule has 0 amide bonds. The predicted molar refractivity (Wildman–Crippen MR) is 111 cm³/mol. The van der Waals surface area contributed by atoms with Gasteiger partial charge >= 0.3 is 0 Å². The summed E-state index contributed by atoms with van der Waals surface area (Å²) in [6.45, 7) is 1.99. The monoisotopic (exact) mass is 375 g/mol. The van der Waals surface area contributed by atoms with Gasteiger partial charge in [-0.1, -0.05) is 36.4 Å². The largest absolute Gasteiger partial charge is 0.497 e. The van der Waals surface area contributed by atoms with Crippen molar-refractivity contribution in [1.82, 2.24) is 15.2 Å². The van der Waals surface area contributed by atoms with Crippen LogP contribution in [0.4, 0.5) is 17.5 Å². The SMILES string of the molecule is COc1cccc(Nc2nncc(N3CCC(Cc4ccccc4)CC3)n2)c1. The molecule has 1 aliphatic rings. The number of piperidine rings is 1. The number of hydrogen-bond donors (Lipinski definition) is 1. The van der Waals surface area contributed by atoms with Crippen molar-refractivity contribution in [1.29, 1.82) is 0 Å². The quantitative estimate of drug-likeness (QED) is 0.700. The van der Waals surface area contributed by atoms with Gasteiger partial charge in [-0.3, -0.25) is 0 Å². The zero-order valence-electron chi connectivity index (χ0n) is 16.1. The molecule has 0 bridgehead atoms. The van der Waals surface area contributed by atoms with E-state index in [1.54, 1.807) is 13.3 Å². The third-order valence-corrected chi connectivity index (χ3v) is 5.18. The van der Waals surface area contributed by atoms with E-state index in [0.29, 0.717) is 5.95 Å². The molecule has 2 aromatic carbocycles. The zero-order valence-corrected chi connectivity index (χ0v) is 16.1. The predicted octanol–water partition coefficient (Wildman–Crippen LogP) is 4.08. The van der Waals surface area contributed by atoms with Gasteiger partial charge in [-0.15, -0.1) is 5.10 Å². The second-order valence-corrected chi connectivity index (χ2v) is 7.12. The molecule has 3 aromatic rings. The standard InChI is InChI=1S/C22H25N5O/c1-28-20-9-5-8-19(15-20)24-22-25-21(16-23-26-22)27-12-10-18(11-13-27)14-17-6-3-2-4-7-17/h2-9,15-16,18H,10-14H2,1H3,(H,24,25,26). The van der Waals surface area contributed by atoms with Crippen LogP contribution in [-0.4, -0.2) is 35.4 Å². The van der Waals surface area contributed by atoms with Crippen LogP contribution in [0.1, 0.15) is 18.4 Å². The van der Waals surface area contributed by atoms with Crippen LogP contribution in [0.15, 0.2) is 60.8 Å². The lowest BCUT2D eigenvalue weighted by Crippen LogP contribution is -2.35. The molecular weight excluding hydrogens is 350 g/mol.